The van der Waals surface area contributed by atoms with Gasteiger partial charge in [-0.15, -0.1) is 0 Å². The summed E-state index contributed by atoms with van der Waals surface area (Å²) in [7, 11) is 0. The monoisotopic (exact) mass is 248 g/mol. The van der Waals surface area contributed by atoms with Gasteiger partial charge in [-0.25, -0.2) is 0 Å². The number of allylic oxidation sites excluding steroid dienone is 3. The van der Waals surface area contributed by atoms with Crippen LogP contribution in [0.4, 0.5) is 0 Å². The van der Waals surface area contributed by atoms with E-state index in [-0.39, 0.29) is 0 Å². The maximum Gasteiger partial charge on any atom is 0.242 e. The Labute approximate surface area is 88.1 Å². The summed E-state index contributed by atoms with van der Waals surface area (Å²) in [6, 6.07) is 0. The van der Waals surface area contributed by atoms with Crippen molar-refractivity contribution in [3.05, 3.63) is 23.3 Å². The topological polar surface area (TPSA) is 40.5 Å². The largest absolute Gasteiger partial charge is 0.354 e. The summed E-state index contributed by atoms with van der Waals surface area (Å²) < 4.78 is -1.86. The van der Waals surface area contributed by atoms with Crippen molar-refractivity contribution in [3.8, 4) is 0 Å². The molecule has 0 aromatic carbocycles. The van der Waals surface area contributed by atoms with Gasteiger partial charge in [0, 0.05) is 0 Å². The highest BCUT2D eigenvalue weighted by Crippen LogP contribution is 2.16. The molecule has 2 nitrogen and oxygen atoms in total. The maximum absolute atomic E-state index is 8.98. The molecule has 0 amide bonds. The normalized spacial score (nSPS) is 12.9. The molecule has 2 N–H and O–H groups in total. The van der Waals surface area contributed by atoms with Crippen molar-refractivity contribution >= 4 is 15.9 Å². The molecule has 0 aliphatic rings. The van der Waals surface area contributed by atoms with E-state index in [4.69, 9.17) is 10.2 Å². The van der Waals surface area contributed by atoms with E-state index >= 15 is 0 Å². The summed E-state index contributed by atoms with van der Waals surface area (Å²) in [4.78, 5) is 0. The average molecular weight is 249 g/mol. The van der Waals surface area contributed by atoms with Crippen LogP contribution in [-0.4, -0.2) is 14.9 Å². The van der Waals surface area contributed by atoms with E-state index in [0.717, 1.165) is 18.4 Å². The second-order valence-corrected chi connectivity index (χ2v) is 4.61. The van der Waals surface area contributed by atoms with E-state index in [9.17, 15) is 0 Å². The predicted octanol–water partition coefficient (Wildman–Crippen LogP) is 2.71. The Balaban J connectivity index is 3.95. The minimum atomic E-state index is -1.86. The first kappa shape index (κ1) is 12.9. The number of halogens is 1. The first-order chi connectivity index (χ1) is 5.81. The van der Waals surface area contributed by atoms with Gasteiger partial charge < -0.3 is 10.2 Å². The van der Waals surface area contributed by atoms with Crippen molar-refractivity contribution in [2.24, 2.45) is 0 Å². The highest BCUT2D eigenvalue weighted by Gasteiger charge is 2.12. The highest BCUT2D eigenvalue weighted by molar-refractivity contribution is 9.10. The first-order valence-corrected chi connectivity index (χ1v) is 5.06. The zero-order valence-corrected chi connectivity index (χ0v) is 9.93. The zero-order valence-electron chi connectivity index (χ0n) is 8.34. The van der Waals surface area contributed by atoms with Crippen LogP contribution in [0, 0.1) is 0 Å². The zero-order chi connectivity index (χ0) is 10.5. The van der Waals surface area contributed by atoms with Crippen molar-refractivity contribution in [2.45, 2.75) is 38.3 Å². The molecule has 0 spiro atoms. The van der Waals surface area contributed by atoms with Crippen LogP contribution in [0.2, 0.25) is 0 Å². The average Bonchev–Trinajstić information content (AvgIpc) is 1.81. The van der Waals surface area contributed by atoms with Crippen LogP contribution in [0.25, 0.3) is 0 Å². The molecule has 76 valence electrons. The smallest absolute Gasteiger partial charge is 0.242 e. The Hall–Kier alpha value is -0.120. The molecular weight excluding hydrogens is 232 g/mol. The Bertz CT molecular complexity index is 207. The van der Waals surface area contributed by atoms with Crippen molar-refractivity contribution in [3.63, 3.8) is 0 Å². The third-order valence-electron chi connectivity index (χ3n) is 1.52. The second-order valence-electron chi connectivity index (χ2n) is 3.45. The molecule has 0 rings (SSSR count). The molecule has 0 aromatic heterocycles. The van der Waals surface area contributed by atoms with Gasteiger partial charge in [0.15, 0.2) is 0 Å². The maximum atomic E-state index is 8.98. The van der Waals surface area contributed by atoms with E-state index < -0.39 is 4.70 Å². The van der Waals surface area contributed by atoms with Crippen molar-refractivity contribution in [1.82, 2.24) is 0 Å². The van der Waals surface area contributed by atoms with E-state index in [2.05, 4.69) is 22.0 Å². The first-order valence-electron chi connectivity index (χ1n) is 4.26. The minimum absolute atomic E-state index is 0.847. The molecule has 0 unspecified atom stereocenters. The fourth-order valence-electron chi connectivity index (χ4n) is 0.974. The minimum Gasteiger partial charge on any atom is -0.354 e. The van der Waals surface area contributed by atoms with Crippen LogP contribution < -0.4 is 0 Å². The van der Waals surface area contributed by atoms with Gasteiger partial charge in [-0.1, -0.05) is 17.2 Å². The standard InChI is InChI=1S/C10H17BrO2/c1-8(2)5-4-6-9(3)7-10(11,12)13/h5,7,12-13H,4,6H2,1-3H3/b9-7+. The van der Waals surface area contributed by atoms with Gasteiger partial charge in [-0.2, -0.15) is 0 Å². The summed E-state index contributed by atoms with van der Waals surface area (Å²) in [5.41, 5.74) is 2.24. The Morgan fingerprint density at radius 2 is 1.85 bits per heavy atom. The van der Waals surface area contributed by atoms with E-state index in [1.165, 1.54) is 11.6 Å². The Kier molecular flexibility index (Phi) is 5.53. The molecular formula is C10H17BrO2. The molecule has 0 bridgehead atoms. The van der Waals surface area contributed by atoms with Crippen LogP contribution in [0.15, 0.2) is 23.3 Å². The number of rotatable bonds is 4. The van der Waals surface area contributed by atoms with Gasteiger partial charge in [0.05, 0.1) is 0 Å². The molecule has 0 aliphatic carbocycles. The molecule has 0 heterocycles. The lowest BCUT2D eigenvalue weighted by Crippen LogP contribution is -2.14. The van der Waals surface area contributed by atoms with Gasteiger partial charge in [-0.3, -0.25) is 0 Å². The predicted molar refractivity (Wildman–Crippen MR) is 58.5 cm³/mol. The van der Waals surface area contributed by atoms with Gasteiger partial charge in [0.2, 0.25) is 4.70 Å². The second kappa shape index (κ2) is 5.58. The van der Waals surface area contributed by atoms with Crippen LogP contribution in [-0.2, 0) is 0 Å². The molecule has 13 heavy (non-hydrogen) atoms. The Morgan fingerprint density at radius 3 is 2.23 bits per heavy atom. The van der Waals surface area contributed by atoms with Crippen LogP contribution in [0.3, 0.4) is 0 Å². The molecule has 0 saturated heterocycles. The summed E-state index contributed by atoms with van der Waals surface area (Å²) in [6.07, 6.45) is 5.31. The SMILES string of the molecule is CC(C)=CCC/C(C)=C/C(O)(O)Br. The Morgan fingerprint density at radius 1 is 1.31 bits per heavy atom. The van der Waals surface area contributed by atoms with Crippen LogP contribution in [0.5, 0.6) is 0 Å². The third kappa shape index (κ3) is 9.80. The molecule has 3 heteroatoms. The molecule has 0 fully saturated rings. The number of aliphatic hydroxyl groups is 2. The van der Waals surface area contributed by atoms with Gasteiger partial charge in [-0.05, 0) is 55.6 Å². The fraction of sp³-hybridized carbons (Fsp3) is 0.600. The quantitative estimate of drug-likeness (QED) is 0.457. The number of alkyl halides is 1. The number of hydrogen-bond donors (Lipinski definition) is 2. The molecule has 0 aliphatic heterocycles. The molecule has 0 atom stereocenters. The van der Waals surface area contributed by atoms with Gasteiger partial charge >= 0.3 is 0 Å². The fourth-order valence-corrected chi connectivity index (χ4v) is 1.36. The highest BCUT2D eigenvalue weighted by atomic mass is 79.9. The summed E-state index contributed by atoms with van der Waals surface area (Å²) in [5, 5.41) is 18.0. The van der Waals surface area contributed by atoms with Crippen molar-refractivity contribution < 1.29 is 10.2 Å². The third-order valence-corrected chi connectivity index (χ3v) is 1.75. The lowest BCUT2D eigenvalue weighted by molar-refractivity contribution is -0.0265. The van der Waals surface area contributed by atoms with Crippen molar-refractivity contribution in [2.75, 3.05) is 0 Å². The molecule has 0 saturated carbocycles. The lowest BCUT2D eigenvalue weighted by atomic mass is 10.1. The summed E-state index contributed by atoms with van der Waals surface area (Å²) in [5.74, 6) is 0. The van der Waals surface area contributed by atoms with Gasteiger partial charge in [0.1, 0.15) is 0 Å². The lowest BCUT2D eigenvalue weighted by Gasteiger charge is -2.09. The summed E-state index contributed by atoms with van der Waals surface area (Å²) >= 11 is 2.72. The van der Waals surface area contributed by atoms with Gasteiger partial charge in [0.25, 0.3) is 0 Å². The van der Waals surface area contributed by atoms with Crippen LogP contribution >= 0.6 is 15.9 Å². The van der Waals surface area contributed by atoms with E-state index in [0.29, 0.717) is 0 Å². The molecule has 0 radical (unpaired) electrons. The number of hydrogen-bond acceptors (Lipinski definition) is 2. The van der Waals surface area contributed by atoms with E-state index in [1.807, 2.05) is 20.8 Å². The van der Waals surface area contributed by atoms with Crippen LogP contribution in [0.1, 0.15) is 33.6 Å². The summed E-state index contributed by atoms with van der Waals surface area (Å²) in [6.45, 7) is 5.97. The van der Waals surface area contributed by atoms with E-state index in [1.54, 1.807) is 0 Å². The molecule has 0 aromatic rings. The van der Waals surface area contributed by atoms with Crippen molar-refractivity contribution in [1.29, 1.82) is 0 Å².